The van der Waals surface area contributed by atoms with Gasteiger partial charge >= 0.3 is 5.66 Å². The van der Waals surface area contributed by atoms with Crippen LogP contribution in [0.3, 0.4) is 0 Å². The van der Waals surface area contributed by atoms with Crippen molar-refractivity contribution < 1.29 is 14.0 Å². The zero-order valence-corrected chi connectivity index (χ0v) is 25.1. The van der Waals surface area contributed by atoms with Gasteiger partial charge < -0.3 is 9.14 Å². The SMILES string of the molecule is c1cc2c3c(c1)-n1cc(-c4ccc(-c5ccc6ccccn56)cc4)c[n+]1C31c3c(ccc4c5ccccc5n(c34)-c3cccc[n+]31)O2. The summed E-state index contributed by atoms with van der Waals surface area (Å²) in [6.07, 6.45) is 8.95. The molecule has 3 aliphatic rings. The van der Waals surface area contributed by atoms with Gasteiger partial charge in [-0.1, -0.05) is 59.3 Å². The van der Waals surface area contributed by atoms with Gasteiger partial charge in [0.15, 0.2) is 11.1 Å². The van der Waals surface area contributed by atoms with Crippen LogP contribution in [-0.2, 0) is 5.66 Å². The van der Waals surface area contributed by atoms with Crippen LogP contribution in [0.15, 0.2) is 152 Å². The van der Waals surface area contributed by atoms with Crippen molar-refractivity contribution in [3.8, 4) is 45.4 Å². The second-order valence-corrected chi connectivity index (χ2v) is 12.7. The van der Waals surface area contributed by atoms with Gasteiger partial charge in [-0.05, 0) is 77.9 Å². The molecule has 1 spiro atoms. The summed E-state index contributed by atoms with van der Waals surface area (Å²) in [6, 6.07) is 45.7. The van der Waals surface area contributed by atoms with Crippen molar-refractivity contribution in [1.82, 2.24) is 13.6 Å². The summed E-state index contributed by atoms with van der Waals surface area (Å²) >= 11 is 0. The number of hydrogen-bond donors (Lipinski definition) is 0. The van der Waals surface area contributed by atoms with Gasteiger partial charge in [0.2, 0.25) is 6.20 Å². The molecule has 8 heterocycles. The minimum atomic E-state index is -0.678. The maximum Gasteiger partial charge on any atom is 0.397 e. The molecule has 1 unspecified atom stereocenters. The molecule has 218 valence electrons. The number of hydrogen-bond acceptors (Lipinski definition) is 1. The molecule has 0 bridgehead atoms. The Labute approximate surface area is 268 Å². The Bertz CT molecular complexity index is 2830. The fourth-order valence-corrected chi connectivity index (χ4v) is 8.69. The summed E-state index contributed by atoms with van der Waals surface area (Å²) in [5.74, 6) is 2.90. The van der Waals surface area contributed by atoms with Crippen molar-refractivity contribution >= 4 is 27.3 Å². The lowest BCUT2D eigenvalue weighted by molar-refractivity contribution is -0.993. The Morgan fingerprint density at radius 2 is 1.47 bits per heavy atom. The quantitative estimate of drug-likeness (QED) is 0.186. The van der Waals surface area contributed by atoms with E-state index in [9.17, 15) is 0 Å². The predicted molar refractivity (Wildman–Crippen MR) is 180 cm³/mol. The summed E-state index contributed by atoms with van der Waals surface area (Å²) in [7, 11) is 0. The van der Waals surface area contributed by atoms with Crippen molar-refractivity contribution in [2.24, 2.45) is 0 Å². The van der Waals surface area contributed by atoms with Crippen LogP contribution in [0.2, 0.25) is 0 Å². The average Bonchev–Trinajstić information content (AvgIpc) is 3.89. The first-order valence-electron chi connectivity index (χ1n) is 16.0. The van der Waals surface area contributed by atoms with Gasteiger partial charge in [-0.2, -0.15) is 9.13 Å². The number of para-hydroxylation sites is 1. The van der Waals surface area contributed by atoms with Crippen molar-refractivity contribution in [3.63, 3.8) is 0 Å². The maximum atomic E-state index is 6.78. The highest BCUT2D eigenvalue weighted by molar-refractivity contribution is 6.11. The smallest absolute Gasteiger partial charge is 0.397 e. The second-order valence-electron chi connectivity index (χ2n) is 12.7. The number of rotatable bonds is 2. The molecule has 0 aliphatic carbocycles. The van der Waals surface area contributed by atoms with Crippen molar-refractivity contribution in [3.05, 3.63) is 163 Å². The zero-order chi connectivity index (χ0) is 30.4. The van der Waals surface area contributed by atoms with Gasteiger partial charge in [-0.3, -0.25) is 0 Å². The van der Waals surface area contributed by atoms with Gasteiger partial charge in [0, 0.05) is 28.6 Å². The summed E-state index contributed by atoms with van der Waals surface area (Å²) in [4.78, 5) is 0. The first-order valence-corrected chi connectivity index (χ1v) is 16.0. The number of pyridine rings is 2. The lowest BCUT2D eigenvalue weighted by atomic mass is 9.84. The zero-order valence-electron chi connectivity index (χ0n) is 25.1. The third-order valence-electron chi connectivity index (χ3n) is 10.5. The molecule has 5 aromatic heterocycles. The monoisotopic (exact) mass is 603 g/mol. The largest absolute Gasteiger partial charge is 0.456 e. The fourth-order valence-electron chi connectivity index (χ4n) is 8.69. The normalized spacial score (nSPS) is 16.3. The fraction of sp³-hybridized carbons (Fsp3) is 0.0244. The lowest BCUT2D eigenvalue weighted by Gasteiger charge is -2.32. The number of ether oxygens (including phenoxy) is 1. The molecule has 6 nitrogen and oxygen atoms in total. The topological polar surface area (TPSA) is 31.3 Å². The molecular weight excluding hydrogens is 578 g/mol. The summed E-state index contributed by atoms with van der Waals surface area (Å²) in [5, 5.41) is 2.48. The Kier molecular flexibility index (Phi) is 4.10. The molecule has 0 saturated heterocycles. The molecule has 0 radical (unpaired) electrons. The van der Waals surface area contributed by atoms with E-state index in [0.29, 0.717) is 0 Å². The van der Waals surface area contributed by atoms with Crippen LogP contribution >= 0.6 is 0 Å². The van der Waals surface area contributed by atoms with Crippen LogP contribution in [0, 0.1) is 0 Å². The van der Waals surface area contributed by atoms with E-state index in [-0.39, 0.29) is 0 Å². The number of aromatic nitrogens is 5. The van der Waals surface area contributed by atoms with E-state index in [1.807, 2.05) is 0 Å². The van der Waals surface area contributed by atoms with E-state index in [1.54, 1.807) is 0 Å². The Hall–Kier alpha value is -6.40. The molecule has 0 N–H and O–H groups in total. The third-order valence-corrected chi connectivity index (χ3v) is 10.5. The minimum absolute atomic E-state index is 0.678. The molecular formula is C41H25N5O+2. The minimum Gasteiger partial charge on any atom is -0.456 e. The van der Waals surface area contributed by atoms with Crippen LogP contribution in [0.5, 0.6) is 11.5 Å². The first-order chi connectivity index (χ1) is 23.3. The molecule has 12 rings (SSSR count). The van der Waals surface area contributed by atoms with Crippen molar-refractivity contribution in [2.75, 3.05) is 0 Å². The number of nitrogens with zero attached hydrogens (tertiary/aromatic N) is 5. The number of benzene rings is 4. The Balaban J connectivity index is 1.14. The van der Waals surface area contributed by atoms with Crippen molar-refractivity contribution in [2.45, 2.75) is 5.66 Å². The molecule has 47 heavy (non-hydrogen) atoms. The highest BCUT2D eigenvalue weighted by Crippen LogP contribution is 2.55. The number of fused-ring (bicyclic) bond motifs is 8. The molecule has 0 saturated carbocycles. The van der Waals surface area contributed by atoms with Crippen LogP contribution < -0.4 is 14.0 Å². The average molecular weight is 604 g/mol. The third kappa shape index (κ3) is 2.68. The van der Waals surface area contributed by atoms with E-state index < -0.39 is 5.66 Å². The van der Waals surface area contributed by atoms with Crippen LogP contribution in [0.1, 0.15) is 11.1 Å². The van der Waals surface area contributed by atoms with Crippen LogP contribution in [0.25, 0.3) is 61.2 Å². The summed E-state index contributed by atoms with van der Waals surface area (Å²) in [5.41, 5.74) is 11.1. The van der Waals surface area contributed by atoms with E-state index in [2.05, 4.69) is 175 Å². The molecule has 6 heteroatoms. The van der Waals surface area contributed by atoms with Gasteiger partial charge in [0.25, 0.3) is 5.82 Å². The molecule has 0 amide bonds. The van der Waals surface area contributed by atoms with Crippen LogP contribution in [-0.4, -0.2) is 13.6 Å². The second kappa shape index (κ2) is 8.05. The van der Waals surface area contributed by atoms with E-state index in [4.69, 9.17) is 4.74 Å². The molecule has 1 atom stereocenters. The summed E-state index contributed by atoms with van der Waals surface area (Å²) < 4.78 is 18.6. The van der Waals surface area contributed by atoms with Crippen LogP contribution in [0.4, 0.5) is 0 Å². The van der Waals surface area contributed by atoms with Gasteiger partial charge in [-0.15, -0.1) is 4.68 Å². The predicted octanol–water partition coefficient (Wildman–Crippen LogP) is 7.77. The standard InChI is InChI=1S/C41H25N5O/c1-2-10-33-30(9-1)31-19-21-36-39-40(31)46(33)37-13-4-6-23-43(37)41(39)38-34(11-7-12-35(38)47-36)44-24-28(25-45(41)44)26-14-16-27(17-15-26)32-20-18-29-8-3-5-22-42(29)32/h1-25H/q+2. The molecule has 4 aromatic carbocycles. The highest BCUT2D eigenvalue weighted by Gasteiger charge is 2.68. The first kappa shape index (κ1) is 23.9. The molecule has 0 fully saturated rings. The maximum absolute atomic E-state index is 6.78. The van der Waals surface area contributed by atoms with Gasteiger partial charge in [0.05, 0.1) is 23.7 Å². The van der Waals surface area contributed by atoms with E-state index in [0.717, 1.165) is 34.1 Å². The van der Waals surface area contributed by atoms with Crippen molar-refractivity contribution in [1.29, 1.82) is 0 Å². The van der Waals surface area contributed by atoms with E-state index >= 15 is 0 Å². The Morgan fingerprint density at radius 1 is 0.617 bits per heavy atom. The highest BCUT2D eigenvalue weighted by atomic mass is 16.5. The van der Waals surface area contributed by atoms with E-state index in [1.165, 1.54) is 49.7 Å². The molecule has 3 aliphatic heterocycles. The lowest BCUT2D eigenvalue weighted by Crippen LogP contribution is -2.76. The summed E-state index contributed by atoms with van der Waals surface area (Å²) in [6.45, 7) is 0. The molecule has 9 aromatic rings. The Morgan fingerprint density at radius 3 is 2.43 bits per heavy atom. The van der Waals surface area contributed by atoms with Gasteiger partial charge in [0.1, 0.15) is 28.3 Å². The van der Waals surface area contributed by atoms with Gasteiger partial charge in [-0.25, -0.2) is 0 Å².